The van der Waals surface area contributed by atoms with Crippen LogP contribution in [0.25, 0.3) is 0 Å². The van der Waals surface area contributed by atoms with E-state index in [4.69, 9.17) is 5.84 Å². The Hall–Kier alpha value is -0.450. The zero-order valence-electron chi connectivity index (χ0n) is 11.4. The number of hydrogen-bond acceptors (Lipinski definition) is 2. The molecule has 5 unspecified atom stereocenters. The van der Waals surface area contributed by atoms with Crippen molar-refractivity contribution in [2.45, 2.75) is 31.7 Å². The number of hydrogen-bond donors (Lipinski definition) is 2. The molecule has 108 valence electrons. The highest BCUT2D eigenvalue weighted by atomic mass is 79.9. The van der Waals surface area contributed by atoms with Gasteiger partial charge in [0.05, 0.1) is 0 Å². The summed E-state index contributed by atoms with van der Waals surface area (Å²) in [5.74, 6) is 10.0. The van der Waals surface area contributed by atoms with Crippen LogP contribution in [-0.4, -0.2) is 6.04 Å². The van der Waals surface area contributed by atoms with E-state index < -0.39 is 0 Å². The van der Waals surface area contributed by atoms with Crippen molar-refractivity contribution in [1.29, 1.82) is 0 Å². The summed E-state index contributed by atoms with van der Waals surface area (Å²) < 4.78 is 14.3. The highest BCUT2D eigenvalue weighted by Gasteiger charge is 2.66. The Morgan fingerprint density at radius 1 is 1.25 bits per heavy atom. The Labute approximate surface area is 127 Å². The minimum absolute atomic E-state index is 0.179. The fraction of sp³-hybridized carbons (Fsp3) is 0.625. The van der Waals surface area contributed by atoms with Crippen LogP contribution in [0.5, 0.6) is 0 Å². The topological polar surface area (TPSA) is 38.0 Å². The SMILES string of the molecule is NNC(Cc1cc(F)cc(Br)c1)C1C2C3CCC(C3)C21. The molecule has 2 nitrogen and oxygen atoms in total. The molecular weight excluding hydrogens is 319 g/mol. The Morgan fingerprint density at radius 2 is 1.95 bits per heavy atom. The first-order valence-electron chi connectivity index (χ1n) is 7.58. The molecule has 2 bridgehead atoms. The molecule has 4 rings (SSSR count). The van der Waals surface area contributed by atoms with Crippen molar-refractivity contribution in [3.05, 3.63) is 34.1 Å². The number of halogens is 2. The van der Waals surface area contributed by atoms with Crippen molar-refractivity contribution in [2.75, 3.05) is 0 Å². The van der Waals surface area contributed by atoms with Crippen molar-refractivity contribution < 1.29 is 4.39 Å². The molecule has 20 heavy (non-hydrogen) atoms. The molecule has 0 spiro atoms. The quantitative estimate of drug-likeness (QED) is 0.653. The summed E-state index contributed by atoms with van der Waals surface area (Å²) in [4.78, 5) is 0. The summed E-state index contributed by atoms with van der Waals surface area (Å²) in [6.45, 7) is 0. The van der Waals surface area contributed by atoms with Gasteiger partial charge in [-0.3, -0.25) is 11.3 Å². The van der Waals surface area contributed by atoms with E-state index >= 15 is 0 Å². The molecular formula is C16H20BrFN2. The highest BCUT2D eigenvalue weighted by molar-refractivity contribution is 9.10. The van der Waals surface area contributed by atoms with Gasteiger partial charge in [-0.25, -0.2) is 4.39 Å². The maximum Gasteiger partial charge on any atom is 0.124 e. The molecule has 1 aromatic carbocycles. The lowest BCUT2D eigenvalue weighted by atomic mass is 9.94. The Bertz CT molecular complexity index is 499. The third-order valence-electron chi connectivity index (χ3n) is 5.85. The van der Waals surface area contributed by atoms with Gasteiger partial charge in [0.1, 0.15) is 5.82 Å². The molecule has 0 aromatic heterocycles. The van der Waals surface area contributed by atoms with Gasteiger partial charge in [-0.05, 0) is 79.0 Å². The number of hydrazine groups is 1. The number of benzene rings is 1. The molecule has 3 aliphatic rings. The predicted molar refractivity (Wildman–Crippen MR) is 80.2 cm³/mol. The van der Waals surface area contributed by atoms with Gasteiger partial charge in [0.25, 0.3) is 0 Å². The second-order valence-electron chi connectivity index (χ2n) is 6.82. The average molecular weight is 339 g/mol. The zero-order valence-corrected chi connectivity index (χ0v) is 12.9. The summed E-state index contributed by atoms with van der Waals surface area (Å²) in [7, 11) is 0. The first kappa shape index (κ1) is 13.2. The smallest absolute Gasteiger partial charge is 0.124 e. The third kappa shape index (κ3) is 2.04. The molecule has 0 saturated heterocycles. The van der Waals surface area contributed by atoms with Gasteiger partial charge < -0.3 is 0 Å². The van der Waals surface area contributed by atoms with Crippen LogP contribution in [-0.2, 0) is 6.42 Å². The van der Waals surface area contributed by atoms with E-state index in [0.29, 0.717) is 12.0 Å². The second kappa shape index (κ2) is 4.79. The largest absolute Gasteiger partial charge is 0.271 e. The molecule has 3 fully saturated rings. The highest BCUT2D eigenvalue weighted by Crippen LogP contribution is 2.70. The summed E-state index contributed by atoms with van der Waals surface area (Å²) in [5, 5.41) is 0. The molecule has 3 N–H and O–H groups in total. The Kier molecular flexibility index (Phi) is 3.17. The van der Waals surface area contributed by atoms with Gasteiger partial charge in [-0.15, -0.1) is 0 Å². The van der Waals surface area contributed by atoms with E-state index in [1.54, 1.807) is 6.07 Å². The molecule has 3 aliphatic carbocycles. The van der Waals surface area contributed by atoms with E-state index in [-0.39, 0.29) is 5.82 Å². The lowest BCUT2D eigenvalue weighted by Crippen LogP contribution is -2.40. The van der Waals surface area contributed by atoms with Crippen LogP contribution in [0, 0.1) is 35.4 Å². The molecule has 0 aliphatic heterocycles. The van der Waals surface area contributed by atoms with Crippen LogP contribution in [0.15, 0.2) is 22.7 Å². The first-order chi connectivity index (χ1) is 9.67. The first-order valence-corrected chi connectivity index (χ1v) is 8.38. The van der Waals surface area contributed by atoms with E-state index in [1.807, 2.05) is 6.07 Å². The van der Waals surface area contributed by atoms with Crippen LogP contribution in [0.2, 0.25) is 0 Å². The van der Waals surface area contributed by atoms with Gasteiger partial charge in [0.2, 0.25) is 0 Å². The molecule has 1 aromatic rings. The fourth-order valence-corrected chi connectivity index (χ4v) is 5.73. The summed E-state index contributed by atoms with van der Waals surface area (Å²) in [6.07, 6.45) is 5.12. The third-order valence-corrected chi connectivity index (χ3v) is 6.31. The number of nitrogens with one attached hydrogen (secondary N) is 1. The maximum atomic E-state index is 13.5. The number of rotatable bonds is 4. The van der Waals surface area contributed by atoms with Crippen molar-refractivity contribution >= 4 is 15.9 Å². The molecule has 5 atom stereocenters. The van der Waals surface area contributed by atoms with E-state index in [1.165, 1.54) is 25.3 Å². The minimum Gasteiger partial charge on any atom is -0.271 e. The van der Waals surface area contributed by atoms with Crippen molar-refractivity contribution in [3.63, 3.8) is 0 Å². The van der Waals surface area contributed by atoms with E-state index in [0.717, 1.165) is 40.1 Å². The van der Waals surface area contributed by atoms with Crippen molar-refractivity contribution in [2.24, 2.45) is 35.4 Å². The number of fused-ring (bicyclic) bond motifs is 5. The standard InChI is InChI=1S/C16H20BrFN2/c17-11-3-8(4-12(18)7-11)5-13(20-19)16-14-9-1-2-10(6-9)15(14)16/h3-4,7,9-10,13-16,20H,1-2,5-6,19H2. The lowest BCUT2D eigenvalue weighted by Gasteiger charge is -2.20. The van der Waals surface area contributed by atoms with Gasteiger partial charge >= 0.3 is 0 Å². The molecule has 0 radical (unpaired) electrons. The monoisotopic (exact) mass is 338 g/mol. The second-order valence-corrected chi connectivity index (χ2v) is 7.74. The maximum absolute atomic E-state index is 13.5. The summed E-state index contributed by atoms with van der Waals surface area (Å²) in [5.41, 5.74) is 4.04. The van der Waals surface area contributed by atoms with Gasteiger partial charge in [-0.1, -0.05) is 15.9 Å². The molecule has 0 heterocycles. The van der Waals surface area contributed by atoms with Gasteiger partial charge in [0.15, 0.2) is 0 Å². The van der Waals surface area contributed by atoms with Gasteiger partial charge in [-0.2, -0.15) is 0 Å². The normalized spacial score (nSPS) is 38.9. The Morgan fingerprint density at radius 3 is 2.55 bits per heavy atom. The zero-order chi connectivity index (χ0) is 13.9. The fourth-order valence-electron chi connectivity index (χ4n) is 5.22. The molecule has 4 heteroatoms. The molecule has 0 amide bonds. The van der Waals surface area contributed by atoms with E-state index in [2.05, 4.69) is 21.4 Å². The van der Waals surface area contributed by atoms with Crippen LogP contribution in [0.1, 0.15) is 24.8 Å². The minimum atomic E-state index is -0.179. The Balaban J connectivity index is 1.50. The van der Waals surface area contributed by atoms with Crippen molar-refractivity contribution in [1.82, 2.24) is 5.43 Å². The molecule has 3 saturated carbocycles. The van der Waals surface area contributed by atoms with Crippen LogP contribution >= 0.6 is 15.9 Å². The summed E-state index contributed by atoms with van der Waals surface area (Å²) >= 11 is 3.36. The summed E-state index contributed by atoms with van der Waals surface area (Å²) in [6, 6.07) is 5.42. The number of nitrogens with two attached hydrogens (primary N) is 1. The predicted octanol–water partition coefficient (Wildman–Crippen LogP) is 3.25. The van der Waals surface area contributed by atoms with Crippen LogP contribution in [0.3, 0.4) is 0 Å². The van der Waals surface area contributed by atoms with Crippen LogP contribution in [0.4, 0.5) is 4.39 Å². The van der Waals surface area contributed by atoms with Gasteiger partial charge in [0, 0.05) is 10.5 Å². The lowest BCUT2D eigenvalue weighted by molar-refractivity contribution is 0.364. The van der Waals surface area contributed by atoms with E-state index in [9.17, 15) is 4.39 Å². The van der Waals surface area contributed by atoms with Crippen molar-refractivity contribution in [3.8, 4) is 0 Å². The van der Waals surface area contributed by atoms with Crippen LogP contribution < -0.4 is 11.3 Å². The average Bonchev–Trinajstić information content (AvgIpc) is 2.82.